The van der Waals surface area contributed by atoms with Gasteiger partial charge < -0.3 is 0 Å². The first-order chi connectivity index (χ1) is 4.88. The Morgan fingerprint density at radius 1 is 1.30 bits per heavy atom. The van der Waals surface area contributed by atoms with E-state index in [-0.39, 0.29) is 0 Å². The highest BCUT2D eigenvalue weighted by Crippen LogP contribution is 2.06. The molecule has 0 fully saturated rings. The number of aryl methyl sites for hydroxylation is 1. The SMILES string of the molecule is Cc1ncnc2nonc12. The molecule has 0 amide bonds. The van der Waals surface area contributed by atoms with Gasteiger partial charge in [0.25, 0.3) is 0 Å². The predicted molar refractivity (Wildman–Crippen MR) is 32.1 cm³/mol. The average molecular weight is 136 g/mol. The Kier molecular flexibility index (Phi) is 0.913. The van der Waals surface area contributed by atoms with Crippen LogP contribution in [0.3, 0.4) is 0 Å². The number of hydrogen-bond donors (Lipinski definition) is 0. The number of hydrogen-bond acceptors (Lipinski definition) is 5. The normalized spacial score (nSPS) is 10.5. The molecule has 0 aliphatic carbocycles. The monoisotopic (exact) mass is 136 g/mol. The van der Waals surface area contributed by atoms with Crippen LogP contribution in [-0.4, -0.2) is 20.3 Å². The van der Waals surface area contributed by atoms with Crippen LogP contribution in [0.4, 0.5) is 0 Å². The first-order valence-corrected chi connectivity index (χ1v) is 2.78. The van der Waals surface area contributed by atoms with Crippen molar-refractivity contribution in [2.24, 2.45) is 0 Å². The van der Waals surface area contributed by atoms with Gasteiger partial charge in [-0.3, -0.25) is 0 Å². The molecule has 2 heterocycles. The Balaban J connectivity index is 2.95. The van der Waals surface area contributed by atoms with Crippen molar-refractivity contribution in [3.63, 3.8) is 0 Å². The lowest BCUT2D eigenvalue weighted by atomic mass is 10.4. The smallest absolute Gasteiger partial charge is 0.227 e. The fraction of sp³-hybridized carbons (Fsp3) is 0.200. The van der Waals surface area contributed by atoms with E-state index < -0.39 is 0 Å². The Morgan fingerprint density at radius 3 is 3.00 bits per heavy atom. The lowest BCUT2D eigenvalue weighted by Gasteiger charge is -1.85. The van der Waals surface area contributed by atoms with Gasteiger partial charge in [0.1, 0.15) is 6.33 Å². The molecule has 0 aliphatic heterocycles. The third-order valence-corrected chi connectivity index (χ3v) is 1.25. The van der Waals surface area contributed by atoms with Gasteiger partial charge in [0.2, 0.25) is 5.65 Å². The predicted octanol–water partition coefficient (Wildman–Crippen LogP) is 0.321. The quantitative estimate of drug-likeness (QED) is 0.521. The number of rotatable bonds is 0. The van der Waals surface area contributed by atoms with Crippen molar-refractivity contribution in [1.29, 1.82) is 0 Å². The minimum absolute atomic E-state index is 0.507. The highest BCUT2D eigenvalue weighted by atomic mass is 16.6. The van der Waals surface area contributed by atoms with E-state index in [0.29, 0.717) is 11.2 Å². The molecular formula is C5H4N4O. The number of nitrogens with zero attached hydrogens (tertiary/aromatic N) is 4. The lowest BCUT2D eigenvalue weighted by Crippen LogP contribution is -1.84. The lowest BCUT2D eigenvalue weighted by molar-refractivity contribution is 0.314. The standard InChI is InChI=1S/C5H4N4O/c1-3-4-5(7-2-6-3)9-10-8-4/h2H,1H3. The molecule has 0 bridgehead atoms. The fourth-order valence-corrected chi connectivity index (χ4v) is 0.728. The molecule has 0 unspecified atom stereocenters. The van der Waals surface area contributed by atoms with Crippen molar-refractivity contribution in [3.05, 3.63) is 12.0 Å². The molecular weight excluding hydrogens is 132 g/mol. The molecule has 0 saturated heterocycles. The highest BCUT2D eigenvalue weighted by Gasteiger charge is 2.02. The van der Waals surface area contributed by atoms with Crippen LogP contribution < -0.4 is 0 Å². The first kappa shape index (κ1) is 5.28. The number of fused-ring (bicyclic) bond motifs is 1. The summed E-state index contributed by atoms with van der Waals surface area (Å²) in [5.41, 5.74) is 1.92. The van der Waals surface area contributed by atoms with Crippen molar-refractivity contribution in [2.45, 2.75) is 6.92 Å². The zero-order valence-corrected chi connectivity index (χ0v) is 5.27. The van der Waals surface area contributed by atoms with Gasteiger partial charge in [-0.25, -0.2) is 14.6 Å². The summed E-state index contributed by atoms with van der Waals surface area (Å²) in [7, 11) is 0. The van der Waals surface area contributed by atoms with Crippen LogP contribution in [0.15, 0.2) is 11.0 Å². The Labute approximate surface area is 56.1 Å². The number of aromatic nitrogens is 4. The second-order valence-electron chi connectivity index (χ2n) is 1.90. The maximum Gasteiger partial charge on any atom is 0.227 e. The summed E-state index contributed by atoms with van der Waals surface area (Å²) in [4.78, 5) is 7.73. The van der Waals surface area contributed by atoms with Crippen molar-refractivity contribution in [2.75, 3.05) is 0 Å². The second-order valence-corrected chi connectivity index (χ2v) is 1.90. The zero-order valence-electron chi connectivity index (χ0n) is 5.27. The Hall–Kier alpha value is -1.52. The van der Waals surface area contributed by atoms with Gasteiger partial charge in [-0.2, -0.15) is 0 Å². The third-order valence-electron chi connectivity index (χ3n) is 1.25. The van der Waals surface area contributed by atoms with E-state index in [0.717, 1.165) is 5.69 Å². The summed E-state index contributed by atoms with van der Waals surface area (Å²) in [6, 6.07) is 0. The fourth-order valence-electron chi connectivity index (χ4n) is 0.728. The summed E-state index contributed by atoms with van der Waals surface area (Å²) in [6.45, 7) is 1.83. The molecule has 2 aromatic heterocycles. The maximum absolute atomic E-state index is 4.44. The van der Waals surface area contributed by atoms with Crippen LogP contribution in [0.1, 0.15) is 5.69 Å². The molecule has 0 aliphatic rings. The van der Waals surface area contributed by atoms with Crippen LogP contribution in [-0.2, 0) is 0 Å². The van der Waals surface area contributed by atoms with Gasteiger partial charge >= 0.3 is 0 Å². The molecule has 50 valence electrons. The van der Waals surface area contributed by atoms with Crippen molar-refractivity contribution in [1.82, 2.24) is 20.3 Å². The van der Waals surface area contributed by atoms with Crippen molar-refractivity contribution < 1.29 is 4.63 Å². The van der Waals surface area contributed by atoms with Crippen LogP contribution in [0, 0.1) is 6.92 Å². The molecule has 0 aromatic carbocycles. The van der Waals surface area contributed by atoms with E-state index in [1.54, 1.807) is 0 Å². The summed E-state index contributed by atoms with van der Waals surface area (Å²) in [5.74, 6) is 0. The molecule has 2 rings (SSSR count). The third kappa shape index (κ3) is 0.570. The van der Waals surface area contributed by atoms with E-state index in [1.807, 2.05) is 6.92 Å². The summed E-state index contributed by atoms with van der Waals surface area (Å²) in [5, 5.41) is 7.15. The minimum atomic E-state index is 0.507. The molecule has 10 heavy (non-hydrogen) atoms. The summed E-state index contributed by atoms with van der Waals surface area (Å²) >= 11 is 0. The van der Waals surface area contributed by atoms with E-state index in [4.69, 9.17) is 0 Å². The van der Waals surface area contributed by atoms with Gasteiger partial charge in [0.05, 0.1) is 5.69 Å². The minimum Gasteiger partial charge on any atom is -0.242 e. The largest absolute Gasteiger partial charge is 0.242 e. The molecule has 5 nitrogen and oxygen atoms in total. The molecule has 0 atom stereocenters. The van der Waals surface area contributed by atoms with Crippen LogP contribution in [0.5, 0.6) is 0 Å². The highest BCUT2D eigenvalue weighted by molar-refractivity contribution is 5.69. The molecule has 5 heteroatoms. The van der Waals surface area contributed by atoms with E-state index >= 15 is 0 Å². The second kappa shape index (κ2) is 1.73. The van der Waals surface area contributed by atoms with Crippen molar-refractivity contribution >= 4 is 11.2 Å². The van der Waals surface area contributed by atoms with E-state index in [1.165, 1.54) is 6.33 Å². The molecule has 0 N–H and O–H groups in total. The topological polar surface area (TPSA) is 64.7 Å². The average Bonchev–Trinajstić information content (AvgIpc) is 2.36. The van der Waals surface area contributed by atoms with Gasteiger partial charge in [0, 0.05) is 0 Å². The summed E-state index contributed by atoms with van der Waals surface area (Å²) in [6.07, 6.45) is 1.43. The van der Waals surface area contributed by atoms with E-state index in [2.05, 4.69) is 24.9 Å². The van der Waals surface area contributed by atoms with Crippen LogP contribution in [0.25, 0.3) is 11.2 Å². The first-order valence-electron chi connectivity index (χ1n) is 2.78. The van der Waals surface area contributed by atoms with Crippen LogP contribution in [0.2, 0.25) is 0 Å². The molecule has 0 spiro atoms. The zero-order chi connectivity index (χ0) is 6.97. The molecule has 0 radical (unpaired) electrons. The van der Waals surface area contributed by atoms with Gasteiger partial charge in [-0.05, 0) is 17.2 Å². The Morgan fingerprint density at radius 2 is 2.20 bits per heavy atom. The summed E-state index contributed by atoms with van der Waals surface area (Å²) < 4.78 is 4.44. The van der Waals surface area contributed by atoms with Crippen LogP contribution >= 0.6 is 0 Å². The Bertz CT molecular complexity index is 355. The van der Waals surface area contributed by atoms with Gasteiger partial charge in [-0.1, -0.05) is 0 Å². The van der Waals surface area contributed by atoms with Crippen molar-refractivity contribution in [3.8, 4) is 0 Å². The van der Waals surface area contributed by atoms with Gasteiger partial charge in [0.15, 0.2) is 5.52 Å². The van der Waals surface area contributed by atoms with Gasteiger partial charge in [-0.15, -0.1) is 0 Å². The molecule has 2 aromatic rings. The van der Waals surface area contributed by atoms with E-state index in [9.17, 15) is 0 Å². The molecule has 0 saturated carbocycles. The maximum atomic E-state index is 4.44.